The third-order valence-corrected chi connectivity index (χ3v) is 6.62. The molecule has 1 N–H and O–H groups in total. The Balaban J connectivity index is 1.57. The summed E-state index contributed by atoms with van der Waals surface area (Å²) >= 11 is 5.85. The first-order valence-corrected chi connectivity index (χ1v) is 10.9. The Kier molecular flexibility index (Phi) is 6.83. The number of rotatable bonds is 6. The molecule has 0 radical (unpaired) electrons. The average Bonchev–Trinajstić information content (AvgIpc) is 2.74. The molecule has 2 heterocycles. The summed E-state index contributed by atoms with van der Waals surface area (Å²) in [4.78, 5) is 28.0. The van der Waals surface area contributed by atoms with Gasteiger partial charge >= 0.3 is 5.97 Å². The molecule has 0 bridgehead atoms. The minimum absolute atomic E-state index is 0.123. The molecule has 0 unspecified atom stereocenters. The van der Waals surface area contributed by atoms with Crippen molar-refractivity contribution >= 4 is 39.2 Å². The van der Waals surface area contributed by atoms with Gasteiger partial charge in [0.05, 0.1) is 16.1 Å². The number of esters is 1. The van der Waals surface area contributed by atoms with Gasteiger partial charge in [-0.2, -0.15) is 4.31 Å². The van der Waals surface area contributed by atoms with E-state index in [0.717, 1.165) is 19.3 Å². The number of nitrogens with zero attached hydrogens (tertiary/aromatic N) is 2. The normalized spacial score (nSPS) is 14.9. The van der Waals surface area contributed by atoms with E-state index in [1.165, 1.54) is 34.8 Å². The number of halogens is 1. The first kappa shape index (κ1) is 21.2. The van der Waals surface area contributed by atoms with Crippen LogP contribution in [0.4, 0.5) is 5.69 Å². The van der Waals surface area contributed by atoms with Crippen molar-refractivity contribution in [2.24, 2.45) is 0 Å². The Morgan fingerprint density at radius 1 is 1.10 bits per heavy atom. The highest BCUT2D eigenvalue weighted by Gasteiger charge is 2.26. The number of pyridine rings is 1. The maximum absolute atomic E-state index is 12.6. The van der Waals surface area contributed by atoms with Crippen molar-refractivity contribution in [1.29, 1.82) is 0 Å². The molecule has 3 rings (SSSR count). The number of carbonyl (C=O) groups is 2. The smallest absolute Gasteiger partial charge is 0.338 e. The number of aromatic nitrogens is 1. The van der Waals surface area contributed by atoms with E-state index in [0.29, 0.717) is 18.8 Å². The van der Waals surface area contributed by atoms with Crippen LogP contribution in [-0.2, 0) is 19.6 Å². The Morgan fingerprint density at radius 3 is 2.45 bits per heavy atom. The fourth-order valence-corrected chi connectivity index (χ4v) is 4.58. The van der Waals surface area contributed by atoms with Gasteiger partial charge in [-0.15, -0.1) is 0 Å². The van der Waals surface area contributed by atoms with Crippen molar-refractivity contribution in [3.63, 3.8) is 0 Å². The van der Waals surface area contributed by atoms with Gasteiger partial charge in [-0.05, 0) is 49.2 Å². The number of amides is 1. The SMILES string of the molecule is O=C(COC(=O)c1ccc(S(=O)(=O)N2CCCCC2)cc1)Nc1cccnc1Cl. The van der Waals surface area contributed by atoms with Crippen molar-refractivity contribution in [2.75, 3.05) is 25.0 Å². The Labute approximate surface area is 173 Å². The molecule has 0 atom stereocenters. The molecule has 1 aromatic carbocycles. The molecule has 1 aliphatic heterocycles. The predicted octanol–water partition coefficient (Wildman–Crippen LogP) is 2.71. The lowest BCUT2D eigenvalue weighted by Gasteiger charge is -2.25. The van der Waals surface area contributed by atoms with E-state index in [-0.39, 0.29) is 15.6 Å². The predicted molar refractivity (Wildman–Crippen MR) is 107 cm³/mol. The standard InChI is InChI=1S/C19H20ClN3O5S/c20-18-16(5-4-10-21-18)22-17(24)13-28-19(25)14-6-8-15(9-7-14)29(26,27)23-11-2-1-3-12-23/h4-10H,1-3,11-13H2,(H,22,24). The number of anilines is 1. The van der Waals surface area contributed by atoms with E-state index in [9.17, 15) is 18.0 Å². The van der Waals surface area contributed by atoms with Crippen LogP contribution in [0.15, 0.2) is 47.5 Å². The maximum atomic E-state index is 12.6. The molecule has 1 amide bonds. The van der Waals surface area contributed by atoms with E-state index >= 15 is 0 Å². The molecule has 10 heteroatoms. The second-order valence-electron chi connectivity index (χ2n) is 6.46. The van der Waals surface area contributed by atoms with E-state index < -0.39 is 28.5 Å². The molecule has 1 aliphatic rings. The maximum Gasteiger partial charge on any atom is 0.338 e. The van der Waals surface area contributed by atoms with Gasteiger partial charge in [0.2, 0.25) is 10.0 Å². The van der Waals surface area contributed by atoms with E-state index in [4.69, 9.17) is 16.3 Å². The largest absolute Gasteiger partial charge is 0.452 e. The van der Waals surface area contributed by atoms with Crippen LogP contribution < -0.4 is 5.32 Å². The van der Waals surface area contributed by atoms with Crippen molar-refractivity contribution in [2.45, 2.75) is 24.2 Å². The van der Waals surface area contributed by atoms with Gasteiger partial charge in [0.1, 0.15) is 0 Å². The average molecular weight is 438 g/mol. The number of hydrogen-bond acceptors (Lipinski definition) is 6. The second kappa shape index (κ2) is 9.34. The molecular formula is C19H20ClN3O5S. The Morgan fingerprint density at radius 2 is 1.79 bits per heavy atom. The fourth-order valence-electron chi connectivity index (χ4n) is 2.90. The van der Waals surface area contributed by atoms with Gasteiger partial charge in [0.25, 0.3) is 5.91 Å². The summed E-state index contributed by atoms with van der Waals surface area (Å²) in [6, 6.07) is 8.65. The van der Waals surface area contributed by atoms with E-state index in [2.05, 4.69) is 10.3 Å². The molecule has 8 nitrogen and oxygen atoms in total. The van der Waals surface area contributed by atoms with Gasteiger partial charge < -0.3 is 10.1 Å². The molecule has 154 valence electrons. The van der Waals surface area contributed by atoms with Gasteiger partial charge in [-0.25, -0.2) is 18.2 Å². The number of carbonyl (C=O) groups excluding carboxylic acids is 2. The summed E-state index contributed by atoms with van der Waals surface area (Å²) < 4.78 is 31.7. The molecule has 0 saturated carbocycles. The molecule has 0 aliphatic carbocycles. The number of hydrogen-bond donors (Lipinski definition) is 1. The van der Waals surface area contributed by atoms with Gasteiger partial charge in [0, 0.05) is 19.3 Å². The fraction of sp³-hybridized carbons (Fsp3) is 0.316. The third-order valence-electron chi connectivity index (χ3n) is 4.41. The quantitative estimate of drug-likeness (QED) is 0.550. The lowest BCUT2D eigenvalue weighted by molar-refractivity contribution is -0.119. The highest BCUT2D eigenvalue weighted by atomic mass is 35.5. The number of benzene rings is 1. The van der Waals surface area contributed by atoms with Gasteiger partial charge in [-0.1, -0.05) is 18.0 Å². The molecule has 29 heavy (non-hydrogen) atoms. The zero-order chi connectivity index (χ0) is 20.9. The van der Waals surface area contributed by atoms with Crippen LogP contribution in [0.5, 0.6) is 0 Å². The molecule has 1 saturated heterocycles. The number of ether oxygens (including phenoxy) is 1. The zero-order valence-corrected chi connectivity index (χ0v) is 17.1. The summed E-state index contributed by atoms with van der Waals surface area (Å²) in [7, 11) is -3.57. The lowest BCUT2D eigenvalue weighted by Crippen LogP contribution is -2.35. The third kappa shape index (κ3) is 5.31. The van der Waals surface area contributed by atoms with E-state index in [1.54, 1.807) is 12.1 Å². The lowest BCUT2D eigenvalue weighted by atomic mass is 10.2. The highest BCUT2D eigenvalue weighted by molar-refractivity contribution is 7.89. The van der Waals surface area contributed by atoms with Crippen LogP contribution >= 0.6 is 11.6 Å². The highest BCUT2D eigenvalue weighted by Crippen LogP contribution is 2.21. The summed E-state index contributed by atoms with van der Waals surface area (Å²) in [5.41, 5.74) is 0.456. The summed E-state index contributed by atoms with van der Waals surface area (Å²) in [6.45, 7) is 0.488. The summed E-state index contributed by atoms with van der Waals surface area (Å²) in [6.07, 6.45) is 4.19. The molecule has 0 spiro atoms. The van der Waals surface area contributed by atoms with Crippen molar-refractivity contribution < 1.29 is 22.7 Å². The van der Waals surface area contributed by atoms with Crippen LogP contribution in [0.3, 0.4) is 0 Å². The minimum Gasteiger partial charge on any atom is -0.452 e. The molecule has 1 aromatic heterocycles. The van der Waals surface area contributed by atoms with Crippen LogP contribution in [0.2, 0.25) is 5.15 Å². The van der Waals surface area contributed by atoms with Gasteiger partial charge in [-0.3, -0.25) is 4.79 Å². The van der Waals surface area contributed by atoms with Crippen molar-refractivity contribution in [1.82, 2.24) is 9.29 Å². The van der Waals surface area contributed by atoms with Crippen LogP contribution in [0, 0.1) is 0 Å². The number of piperidine rings is 1. The van der Waals surface area contributed by atoms with Crippen molar-refractivity contribution in [3.8, 4) is 0 Å². The van der Waals surface area contributed by atoms with E-state index in [1.807, 2.05) is 0 Å². The number of sulfonamides is 1. The minimum atomic E-state index is -3.57. The van der Waals surface area contributed by atoms with Crippen LogP contribution in [0.25, 0.3) is 0 Å². The van der Waals surface area contributed by atoms with Crippen LogP contribution in [0.1, 0.15) is 29.6 Å². The zero-order valence-electron chi connectivity index (χ0n) is 15.5. The van der Waals surface area contributed by atoms with Gasteiger partial charge in [0.15, 0.2) is 11.8 Å². The Hall–Kier alpha value is -2.49. The first-order valence-electron chi connectivity index (χ1n) is 9.05. The van der Waals surface area contributed by atoms with Crippen LogP contribution in [-0.4, -0.2) is 49.3 Å². The molecule has 1 fully saturated rings. The monoisotopic (exact) mass is 437 g/mol. The first-order chi connectivity index (χ1) is 13.9. The summed E-state index contributed by atoms with van der Waals surface area (Å²) in [5, 5.41) is 2.61. The Bertz CT molecular complexity index is 989. The molecule has 2 aromatic rings. The van der Waals surface area contributed by atoms with Crippen molar-refractivity contribution in [3.05, 3.63) is 53.3 Å². The number of nitrogens with one attached hydrogen (secondary N) is 1. The molecular weight excluding hydrogens is 418 g/mol. The summed E-state index contributed by atoms with van der Waals surface area (Å²) in [5.74, 6) is -1.31. The second-order valence-corrected chi connectivity index (χ2v) is 8.75. The topological polar surface area (TPSA) is 106 Å².